The summed E-state index contributed by atoms with van der Waals surface area (Å²) < 4.78 is 0.915. The molecule has 0 saturated carbocycles. The fraction of sp³-hybridized carbons (Fsp3) is 0.188. The summed E-state index contributed by atoms with van der Waals surface area (Å²) >= 11 is 8.54. The Morgan fingerprint density at radius 3 is 2.15 bits per heavy atom. The summed E-state index contributed by atoms with van der Waals surface area (Å²) in [6, 6.07) is 12.5. The van der Waals surface area contributed by atoms with E-state index in [4.69, 9.17) is 18.0 Å². The lowest BCUT2D eigenvalue weighted by atomic mass is 10.1. The van der Waals surface area contributed by atoms with Crippen molar-refractivity contribution in [3.63, 3.8) is 0 Å². The maximum absolute atomic E-state index is 5.68. The summed E-state index contributed by atoms with van der Waals surface area (Å²) in [4.78, 5) is 2.55. The molecule has 0 bridgehead atoms. The second-order valence-corrected chi connectivity index (χ2v) is 6.23. The van der Waals surface area contributed by atoms with E-state index in [9.17, 15) is 0 Å². The molecule has 0 aliphatic carbocycles. The van der Waals surface area contributed by atoms with Crippen molar-refractivity contribution in [1.29, 1.82) is 0 Å². The molecule has 0 radical (unpaired) electrons. The smallest absolute Gasteiger partial charge is 0.105 e. The molecule has 0 unspecified atom stereocenters. The molecule has 104 valence electrons. The Hall–Kier alpha value is -1.39. The standard InChI is InChI=1S/C16H17BrN2S/c1-10-6-11(2)8-13(7-10)19(3)12-4-5-14(16(18)20)15(17)9-12/h4-9H,1-3H3,(H2,18,20). The van der Waals surface area contributed by atoms with Crippen molar-refractivity contribution in [3.05, 3.63) is 57.6 Å². The van der Waals surface area contributed by atoms with Crippen LogP contribution in [0.1, 0.15) is 16.7 Å². The second-order valence-electron chi connectivity index (χ2n) is 4.93. The van der Waals surface area contributed by atoms with E-state index in [1.54, 1.807) is 0 Å². The van der Waals surface area contributed by atoms with Crippen LogP contribution in [0.15, 0.2) is 40.9 Å². The molecular formula is C16H17BrN2S. The van der Waals surface area contributed by atoms with Gasteiger partial charge in [0.1, 0.15) is 4.99 Å². The Morgan fingerprint density at radius 2 is 1.65 bits per heavy atom. The lowest BCUT2D eigenvalue weighted by molar-refractivity contribution is 1.19. The molecule has 2 nitrogen and oxygen atoms in total. The first-order chi connectivity index (χ1) is 9.38. The van der Waals surface area contributed by atoms with Gasteiger partial charge in [-0.25, -0.2) is 0 Å². The van der Waals surface area contributed by atoms with Crippen molar-refractivity contribution in [2.45, 2.75) is 13.8 Å². The van der Waals surface area contributed by atoms with Crippen LogP contribution >= 0.6 is 28.1 Å². The number of thiocarbonyl (C=S) groups is 1. The van der Waals surface area contributed by atoms with Crippen LogP contribution in [-0.2, 0) is 0 Å². The van der Waals surface area contributed by atoms with Crippen molar-refractivity contribution >= 4 is 44.5 Å². The first-order valence-electron chi connectivity index (χ1n) is 6.30. The van der Waals surface area contributed by atoms with E-state index in [2.05, 4.69) is 59.9 Å². The number of hydrogen-bond donors (Lipinski definition) is 1. The van der Waals surface area contributed by atoms with E-state index in [1.165, 1.54) is 11.1 Å². The molecule has 20 heavy (non-hydrogen) atoms. The van der Waals surface area contributed by atoms with Gasteiger partial charge in [0.05, 0.1) is 0 Å². The molecule has 2 N–H and O–H groups in total. The van der Waals surface area contributed by atoms with E-state index < -0.39 is 0 Å². The molecule has 0 spiro atoms. The summed E-state index contributed by atoms with van der Waals surface area (Å²) in [6.45, 7) is 4.21. The van der Waals surface area contributed by atoms with Crippen LogP contribution in [0.3, 0.4) is 0 Å². The normalized spacial score (nSPS) is 10.4. The molecule has 2 aromatic carbocycles. The minimum Gasteiger partial charge on any atom is -0.389 e. The second kappa shape index (κ2) is 5.94. The van der Waals surface area contributed by atoms with Crippen LogP contribution in [0.2, 0.25) is 0 Å². The molecule has 0 amide bonds. The van der Waals surface area contributed by atoms with Crippen LogP contribution in [0.25, 0.3) is 0 Å². The molecule has 0 saturated heterocycles. The van der Waals surface area contributed by atoms with Crippen molar-refractivity contribution in [2.24, 2.45) is 5.73 Å². The van der Waals surface area contributed by atoms with E-state index >= 15 is 0 Å². The third-order valence-electron chi connectivity index (χ3n) is 3.20. The Morgan fingerprint density at radius 1 is 1.05 bits per heavy atom. The fourth-order valence-corrected chi connectivity index (χ4v) is 3.10. The zero-order chi connectivity index (χ0) is 14.9. The first-order valence-corrected chi connectivity index (χ1v) is 7.50. The number of rotatable bonds is 3. The van der Waals surface area contributed by atoms with Gasteiger partial charge in [0.2, 0.25) is 0 Å². The van der Waals surface area contributed by atoms with Gasteiger partial charge in [-0.2, -0.15) is 0 Å². The van der Waals surface area contributed by atoms with Crippen molar-refractivity contribution in [2.75, 3.05) is 11.9 Å². The van der Waals surface area contributed by atoms with Gasteiger partial charge in [-0.15, -0.1) is 0 Å². The molecule has 4 heteroatoms. The van der Waals surface area contributed by atoms with Gasteiger partial charge in [-0.1, -0.05) is 18.3 Å². The molecule has 0 fully saturated rings. The van der Waals surface area contributed by atoms with E-state index in [0.717, 1.165) is 21.4 Å². The quantitative estimate of drug-likeness (QED) is 0.829. The number of hydrogen-bond acceptors (Lipinski definition) is 2. The molecular weight excluding hydrogens is 332 g/mol. The highest BCUT2D eigenvalue weighted by molar-refractivity contribution is 9.10. The van der Waals surface area contributed by atoms with Gasteiger partial charge in [0.25, 0.3) is 0 Å². The zero-order valence-electron chi connectivity index (χ0n) is 11.8. The summed E-state index contributed by atoms with van der Waals surface area (Å²) in [5, 5.41) is 0. The number of aryl methyl sites for hydroxylation is 2. The van der Waals surface area contributed by atoms with E-state index in [-0.39, 0.29) is 0 Å². The highest BCUT2D eigenvalue weighted by atomic mass is 79.9. The molecule has 0 atom stereocenters. The van der Waals surface area contributed by atoms with Crippen LogP contribution in [0.4, 0.5) is 11.4 Å². The first kappa shape index (κ1) is 15.0. The summed E-state index contributed by atoms with van der Waals surface area (Å²) in [5.74, 6) is 0. The van der Waals surface area contributed by atoms with Gasteiger partial charge >= 0.3 is 0 Å². The maximum Gasteiger partial charge on any atom is 0.105 e. The third kappa shape index (κ3) is 3.19. The topological polar surface area (TPSA) is 29.3 Å². The number of benzene rings is 2. The Kier molecular flexibility index (Phi) is 4.45. The van der Waals surface area contributed by atoms with Gasteiger partial charge in [-0.05, 0) is 71.2 Å². The van der Waals surface area contributed by atoms with Gasteiger partial charge < -0.3 is 10.6 Å². The molecule has 0 heterocycles. The Balaban J connectivity index is 2.40. The van der Waals surface area contributed by atoms with E-state index in [1.807, 2.05) is 18.2 Å². The Bertz CT molecular complexity index is 647. The van der Waals surface area contributed by atoms with Crippen LogP contribution in [0, 0.1) is 13.8 Å². The van der Waals surface area contributed by atoms with Crippen molar-refractivity contribution < 1.29 is 0 Å². The number of nitrogens with zero attached hydrogens (tertiary/aromatic N) is 1. The minimum atomic E-state index is 0.400. The molecule has 0 aromatic heterocycles. The van der Waals surface area contributed by atoms with Gasteiger partial charge in [-0.3, -0.25) is 0 Å². The van der Waals surface area contributed by atoms with Crippen molar-refractivity contribution in [3.8, 4) is 0 Å². The third-order valence-corrected chi connectivity index (χ3v) is 4.08. The molecule has 0 aliphatic heterocycles. The molecule has 0 aliphatic rings. The predicted octanol–water partition coefficient (Wildman–Crippen LogP) is 4.47. The van der Waals surface area contributed by atoms with Gasteiger partial charge in [0.15, 0.2) is 0 Å². The average Bonchev–Trinajstić information content (AvgIpc) is 2.36. The fourth-order valence-electron chi connectivity index (χ4n) is 2.21. The van der Waals surface area contributed by atoms with Crippen molar-refractivity contribution in [1.82, 2.24) is 0 Å². The van der Waals surface area contributed by atoms with E-state index in [0.29, 0.717) is 4.99 Å². The van der Waals surface area contributed by atoms with Crippen LogP contribution in [0.5, 0.6) is 0 Å². The number of nitrogens with two attached hydrogens (primary N) is 1. The minimum absolute atomic E-state index is 0.400. The largest absolute Gasteiger partial charge is 0.389 e. The Labute approximate surface area is 133 Å². The number of halogens is 1. The van der Waals surface area contributed by atoms with Crippen LogP contribution < -0.4 is 10.6 Å². The molecule has 2 aromatic rings. The summed E-state index contributed by atoms with van der Waals surface area (Å²) in [7, 11) is 2.05. The van der Waals surface area contributed by atoms with Crippen LogP contribution in [-0.4, -0.2) is 12.0 Å². The SMILES string of the molecule is Cc1cc(C)cc(N(C)c2ccc(C(N)=S)c(Br)c2)c1. The molecule has 2 rings (SSSR count). The van der Waals surface area contributed by atoms with Gasteiger partial charge in [0, 0.05) is 28.5 Å². The monoisotopic (exact) mass is 348 g/mol. The summed E-state index contributed by atoms with van der Waals surface area (Å²) in [6.07, 6.45) is 0. The highest BCUT2D eigenvalue weighted by Crippen LogP contribution is 2.29. The zero-order valence-corrected chi connectivity index (χ0v) is 14.2. The summed E-state index contributed by atoms with van der Waals surface area (Å²) in [5.41, 5.74) is 11.3. The average molecular weight is 349 g/mol. The maximum atomic E-state index is 5.68. The predicted molar refractivity (Wildman–Crippen MR) is 94.0 cm³/mol. The number of anilines is 2. The lowest BCUT2D eigenvalue weighted by Gasteiger charge is -2.21. The lowest BCUT2D eigenvalue weighted by Crippen LogP contribution is -2.13. The highest BCUT2D eigenvalue weighted by Gasteiger charge is 2.09.